The van der Waals surface area contributed by atoms with Gasteiger partial charge in [0.15, 0.2) is 0 Å². The molecule has 11 nitrogen and oxygen atoms in total. The number of benzene rings is 1. The van der Waals surface area contributed by atoms with Gasteiger partial charge in [-0.25, -0.2) is 4.98 Å². The van der Waals surface area contributed by atoms with Gasteiger partial charge in [-0.15, -0.1) is 0 Å². The molecular weight excluding hydrogens is 570 g/mol. The van der Waals surface area contributed by atoms with Gasteiger partial charge in [-0.05, 0) is 102 Å². The molecule has 3 amide bonds. The molecule has 3 atom stereocenters. The number of fused-ring (bicyclic) bond motifs is 2. The number of hydrogen-bond donors (Lipinski definition) is 5. The maximum atomic E-state index is 13.4. The van der Waals surface area contributed by atoms with Gasteiger partial charge in [-0.3, -0.25) is 19.3 Å². The number of nitrogens with two attached hydrogens (primary N) is 1. The fraction of sp³-hybridized carbons (Fsp3) is 0.588. The van der Waals surface area contributed by atoms with E-state index in [1.54, 1.807) is 24.4 Å². The van der Waals surface area contributed by atoms with Crippen molar-refractivity contribution < 1.29 is 19.5 Å². The summed E-state index contributed by atoms with van der Waals surface area (Å²) in [4.78, 5) is 47.8. The molecule has 1 saturated carbocycles. The van der Waals surface area contributed by atoms with Gasteiger partial charge in [0.2, 0.25) is 0 Å². The fourth-order valence-electron chi connectivity index (χ4n) is 7.71. The largest absolute Gasteiger partial charge is 0.393 e. The lowest BCUT2D eigenvalue weighted by molar-refractivity contribution is 0.0922. The van der Waals surface area contributed by atoms with Crippen LogP contribution in [0.2, 0.25) is 0 Å². The Hall–Kier alpha value is -3.70. The number of rotatable bonds is 9. The highest BCUT2D eigenvalue weighted by atomic mass is 16.3. The van der Waals surface area contributed by atoms with Crippen molar-refractivity contribution in [3.8, 4) is 0 Å². The molecule has 2 aromatic rings. The van der Waals surface area contributed by atoms with Crippen LogP contribution >= 0.6 is 0 Å². The summed E-state index contributed by atoms with van der Waals surface area (Å²) >= 11 is 0. The van der Waals surface area contributed by atoms with E-state index in [0.717, 1.165) is 63.9 Å². The van der Waals surface area contributed by atoms with Crippen molar-refractivity contribution >= 4 is 29.2 Å². The number of nitrogens with zero attached hydrogens (tertiary/aromatic N) is 3. The van der Waals surface area contributed by atoms with E-state index in [2.05, 4.69) is 39.6 Å². The lowest BCUT2D eigenvalue weighted by Crippen LogP contribution is -2.50. The fourth-order valence-corrected chi connectivity index (χ4v) is 7.71. The topological polar surface area (TPSA) is 153 Å². The van der Waals surface area contributed by atoms with Gasteiger partial charge in [0.25, 0.3) is 17.7 Å². The zero-order valence-electron chi connectivity index (χ0n) is 26.4. The second-order valence-electron chi connectivity index (χ2n) is 13.7. The quantitative estimate of drug-likeness (QED) is 0.288. The predicted molar refractivity (Wildman–Crippen MR) is 173 cm³/mol. The SMILES string of the molecule is CC(C)N1CC[C@@H](NC(=O)c2ccc(N3C4CCC3CC(NC(=O)c3ccc(C(N)=O)c(N[C@H]5CC[C@H](O)CC5)c3)C4)nc2)C1. The Bertz CT molecular complexity index is 1380. The summed E-state index contributed by atoms with van der Waals surface area (Å²) in [6.45, 7) is 6.25. The van der Waals surface area contributed by atoms with Crippen LogP contribution in [-0.2, 0) is 0 Å². The average Bonchev–Trinajstić information content (AvgIpc) is 3.60. The van der Waals surface area contributed by atoms with Crippen molar-refractivity contribution in [3.63, 3.8) is 0 Å². The van der Waals surface area contributed by atoms with Crippen molar-refractivity contribution in [2.75, 3.05) is 23.3 Å². The van der Waals surface area contributed by atoms with Crippen molar-refractivity contribution in [2.45, 2.75) is 114 Å². The van der Waals surface area contributed by atoms with Crippen molar-refractivity contribution in [3.05, 3.63) is 53.2 Å². The summed E-state index contributed by atoms with van der Waals surface area (Å²) in [5.41, 5.74) is 7.62. The molecular formula is C34H47N7O4. The van der Waals surface area contributed by atoms with Crippen LogP contribution in [0.15, 0.2) is 36.5 Å². The molecule has 45 heavy (non-hydrogen) atoms. The van der Waals surface area contributed by atoms with Crippen LogP contribution in [0.4, 0.5) is 11.5 Å². The van der Waals surface area contributed by atoms with Gasteiger partial charge in [-0.2, -0.15) is 0 Å². The lowest BCUT2D eigenvalue weighted by atomic mass is 9.92. The minimum Gasteiger partial charge on any atom is -0.393 e. The highest BCUT2D eigenvalue weighted by molar-refractivity contribution is 6.02. The van der Waals surface area contributed by atoms with E-state index in [1.807, 2.05) is 12.1 Å². The monoisotopic (exact) mass is 617 g/mol. The number of aromatic nitrogens is 1. The van der Waals surface area contributed by atoms with E-state index in [-0.39, 0.29) is 48.1 Å². The minimum absolute atomic E-state index is 0.0279. The third kappa shape index (κ3) is 7.09. The predicted octanol–water partition coefficient (Wildman–Crippen LogP) is 3.04. The molecule has 242 valence electrons. The summed E-state index contributed by atoms with van der Waals surface area (Å²) in [6.07, 6.45) is 9.06. The Morgan fingerprint density at radius 2 is 1.53 bits per heavy atom. The van der Waals surface area contributed by atoms with Crippen LogP contribution < -0.4 is 26.6 Å². The number of pyridine rings is 1. The zero-order valence-corrected chi connectivity index (χ0v) is 26.4. The molecule has 1 aromatic heterocycles. The molecule has 4 fully saturated rings. The second kappa shape index (κ2) is 13.3. The Balaban J connectivity index is 1.05. The number of anilines is 2. The molecule has 0 spiro atoms. The first-order valence-electron chi connectivity index (χ1n) is 16.6. The van der Waals surface area contributed by atoms with E-state index in [1.165, 1.54) is 0 Å². The number of aliphatic hydroxyl groups excluding tert-OH is 1. The van der Waals surface area contributed by atoms with Gasteiger partial charge < -0.3 is 31.7 Å². The van der Waals surface area contributed by atoms with Gasteiger partial charge >= 0.3 is 0 Å². The molecule has 3 aliphatic heterocycles. The number of likely N-dealkylation sites (tertiary alicyclic amines) is 1. The molecule has 3 saturated heterocycles. The van der Waals surface area contributed by atoms with E-state index in [4.69, 9.17) is 10.7 Å². The van der Waals surface area contributed by atoms with Crippen LogP contribution in [0.1, 0.15) is 103 Å². The molecule has 4 aliphatic rings. The smallest absolute Gasteiger partial charge is 0.253 e. The number of carbonyl (C=O) groups is 3. The first-order valence-corrected chi connectivity index (χ1v) is 16.6. The Labute approximate surface area is 265 Å². The summed E-state index contributed by atoms with van der Waals surface area (Å²) < 4.78 is 0. The zero-order chi connectivity index (χ0) is 31.7. The van der Waals surface area contributed by atoms with Gasteiger partial charge in [0.05, 0.1) is 17.2 Å². The Morgan fingerprint density at radius 1 is 0.867 bits per heavy atom. The highest BCUT2D eigenvalue weighted by Gasteiger charge is 2.42. The molecule has 4 heterocycles. The number of hydrogen-bond acceptors (Lipinski definition) is 8. The van der Waals surface area contributed by atoms with Crippen molar-refractivity contribution in [1.82, 2.24) is 20.5 Å². The average molecular weight is 618 g/mol. The lowest BCUT2D eigenvalue weighted by Gasteiger charge is -2.40. The normalized spacial score (nSPS) is 28.2. The molecule has 11 heteroatoms. The van der Waals surface area contributed by atoms with Crippen LogP contribution in [-0.4, -0.2) is 88.2 Å². The third-order valence-corrected chi connectivity index (χ3v) is 10.2. The first-order chi connectivity index (χ1) is 21.6. The Kier molecular flexibility index (Phi) is 9.28. The van der Waals surface area contributed by atoms with E-state index >= 15 is 0 Å². The number of nitrogens with one attached hydrogen (secondary N) is 3. The standard InChI is InChI=1S/C34H47N7O4/c1-20(2)40-14-13-24(19-40)38-34(45)22-4-12-31(36-18-22)41-26-7-8-27(41)17-25(16-26)39-33(44)21-3-11-29(32(35)43)30(15-21)37-23-5-9-28(42)10-6-23/h3-4,11-12,15,18,20,23-28,37,42H,5-10,13-14,16-17,19H2,1-2H3,(H2,35,43)(H,38,45)(H,39,44)/t23-,24-,25?,26?,27?,28-/m1/s1. The third-order valence-electron chi connectivity index (χ3n) is 10.2. The van der Waals surface area contributed by atoms with E-state index in [0.29, 0.717) is 41.3 Å². The van der Waals surface area contributed by atoms with Crippen LogP contribution in [0.5, 0.6) is 0 Å². The molecule has 2 bridgehead atoms. The van der Waals surface area contributed by atoms with Crippen LogP contribution in [0, 0.1) is 0 Å². The molecule has 2 unspecified atom stereocenters. The van der Waals surface area contributed by atoms with Gasteiger partial charge in [0, 0.05) is 66.8 Å². The summed E-state index contributed by atoms with van der Waals surface area (Å²) in [6, 6.07) is 10.1. The number of primary amides is 1. The minimum atomic E-state index is -0.543. The molecule has 1 aliphatic carbocycles. The number of aliphatic hydroxyl groups is 1. The number of amides is 3. The van der Waals surface area contributed by atoms with Crippen molar-refractivity contribution in [1.29, 1.82) is 0 Å². The molecule has 1 aromatic carbocycles. The van der Waals surface area contributed by atoms with E-state index in [9.17, 15) is 19.5 Å². The van der Waals surface area contributed by atoms with Crippen LogP contribution in [0.25, 0.3) is 0 Å². The molecule has 0 radical (unpaired) electrons. The maximum absolute atomic E-state index is 13.4. The van der Waals surface area contributed by atoms with E-state index < -0.39 is 5.91 Å². The Morgan fingerprint density at radius 3 is 2.16 bits per heavy atom. The summed E-state index contributed by atoms with van der Waals surface area (Å²) in [7, 11) is 0. The summed E-state index contributed by atoms with van der Waals surface area (Å²) in [5.74, 6) is 0.0917. The highest BCUT2D eigenvalue weighted by Crippen LogP contribution is 2.39. The molecule has 6 N–H and O–H groups in total. The van der Waals surface area contributed by atoms with Gasteiger partial charge in [0.1, 0.15) is 5.82 Å². The maximum Gasteiger partial charge on any atom is 0.253 e. The number of carbonyl (C=O) groups excluding carboxylic acids is 3. The van der Waals surface area contributed by atoms with Gasteiger partial charge in [-0.1, -0.05) is 0 Å². The van der Waals surface area contributed by atoms with Crippen LogP contribution in [0.3, 0.4) is 0 Å². The number of piperidine rings is 1. The molecule has 6 rings (SSSR count). The first kappa shape index (κ1) is 31.3. The van der Waals surface area contributed by atoms with Crippen molar-refractivity contribution in [2.24, 2.45) is 5.73 Å². The summed E-state index contributed by atoms with van der Waals surface area (Å²) in [5, 5.41) is 19.7. The second-order valence-corrected chi connectivity index (χ2v) is 13.7.